The van der Waals surface area contributed by atoms with E-state index in [1.165, 1.54) is 0 Å². The fourth-order valence-electron chi connectivity index (χ4n) is 3.79. The Morgan fingerprint density at radius 3 is 2.36 bits per heavy atom. The number of rotatable bonds is 2. The van der Waals surface area contributed by atoms with Crippen molar-refractivity contribution in [1.82, 2.24) is 0 Å². The third kappa shape index (κ3) is 2.46. The van der Waals surface area contributed by atoms with Crippen molar-refractivity contribution in [2.45, 2.75) is 13.0 Å². The van der Waals surface area contributed by atoms with Crippen LogP contribution in [0.1, 0.15) is 33.2 Å². The molecule has 4 heteroatoms. The van der Waals surface area contributed by atoms with Gasteiger partial charge in [-0.25, -0.2) is 9.59 Å². The number of carbonyl (C=O) groups is 1. The molecule has 3 aromatic carbocycles. The average Bonchev–Trinajstić information content (AvgIpc) is 3.04. The van der Waals surface area contributed by atoms with Crippen molar-refractivity contribution in [3.8, 4) is 11.1 Å². The van der Waals surface area contributed by atoms with Crippen molar-refractivity contribution in [2.75, 3.05) is 0 Å². The van der Waals surface area contributed by atoms with Crippen LogP contribution in [-0.4, -0.2) is 5.97 Å². The van der Waals surface area contributed by atoms with Gasteiger partial charge >= 0.3 is 11.6 Å². The summed E-state index contributed by atoms with van der Waals surface area (Å²) in [6.45, 7) is 2.01. The summed E-state index contributed by atoms with van der Waals surface area (Å²) in [5.41, 5.74) is 4.26. The van der Waals surface area contributed by atoms with Crippen LogP contribution in [0.4, 0.5) is 0 Å². The first-order valence-corrected chi connectivity index (χ1v) is 9.06. The van der Waals surface area contributed by atoms with E-state index < -0.39 is 17.7 Å². The second kappa shape index (κ2) is 6.20. The van der Waals surface area contributed by atoms with Gasteiger partial charge in [-0.3, -0.25) is 0 Å². The summed E-state index contributed by atoms with van der Waals surface area (Å²) in [7, 11) is 0. The second-order valence-electron chi connectivity index (χ2n) is 6.91. The van der Waals surface area contributed by atoms with Gasteiger partial charge in [-0.1, -0.05) is 66.2 Å². The lowest BCUT2D eigenvalue weighted by Gasteiger charge is -2.17. The maximum absolute atomic E-state index is 13.0. The van der Waals surface area contributed by atoms with E-state index >= 15 is 0 Å². The molecule has 0 radical (unpaired) electrons. The van der Waals surface area contributed by atoms with E-state index in [1.807, 2.05) is 61.5 Å². The van der Waals surface area contributed by atoms with Gasteiger partial charge in [0.25, 0.3) is 0 Å². The van der Waals surface area contributed by atoms with Crippen molar-refractivity contribution in [2.24, 2.45) is 0 Å². The quantitative estimate of drug-likeness (QED) is 0.368. The van der Waals surface area contributed by atoms with E-state index in [4.69, 9.17) is 9.15 Å². The molecule has 0 aliphatic carbocycles. The predicted octanol–water partition coefficient (Wildman–Crippen LogP) is 5.03. The number of carbonyl (C=O) groups excluding carboxylic acids is 1. The van der Waals surface area contributed by atoms with Crippen LogP contribution in [0.15, 0.2) is 82.0 Å². The minimum atomic E-state index is -0.791. The molecule has 0 saturated heterocycles. The third-order valence-corrected chi connectivity index (χ3v) is 5.14. The Morgan fingerprint density at radius 1 is 0.821 bits per heavy atom. The molecule has 136 valence electrons. The molecule has 1 aliphatic rings. The highest BCUT2D eigenvalue weighted by molar-refractivity contribution is 5.98. The number of esters is 1. The van der Waals surface area contributed by atoms with Crippen molar-refractivity contribution in [3.05, 3.63) is 105 Å². The lowest BCUT2D eigenvalue weighted by Crippen LogP contribution is -2.16. The second-order valence-corrected chi connectivity index (χ2v) is 6.91. The Balaban J connectivity index is 1.86. The molecule has 0 saturated carbocycles. The molecule has 0 fully saturated rings. The summed E-state index contributed by atoms with van der Waals surface area (Å²) >= 11 is 0. The number of fused-ring (bicyclic) bond motifs is 2. The van der Waals surface area contributed by atoms with Crippen LogP contribution >= 0.6 is 0 Å². The van der Waals surface area contributed by atoms with Crippen LogP contribution < -0.4 is 5.63 Å². The van der Waals surface area contributed by atoms with Crippen LogP contribution in [0.5, 0.6) is 0 Å². The van der Waals surface area contributed by atoms with Crippen LogP contribution in [-0.2, 0) is 4.74 Å². The molecule has 0 N–H and O–H groups in total. The Bertz CT molecular complexity index is 1280. The van der Waals surface area contributed by atoms with Gasteiger partial charge in [0.15, 0.2) is 6.10 Å². The number of cyclic esters (lactones) is 1. The highest BCUT2D eigenvalue weighted by Crippen LogP contribution is 2.41. The molecule has 4 aromatic rings. The number of ether oxygens (including phenoxy) is 1. The highest BCUT2D eigenvalue weighted by Gasteiger charge is 2.36. The molecule has 0 amide bonds. The van der Waals surface area contributed by atoms with E-state index in [2.05, 4.69) is 0 Å². The first kappa shape index (κ1) is 16.5. The number of benzene rings is 3. The molecule has 4 nitrogen and oxygen atoms in total. The maximum Gasteiger partial charge on any atom is 0.344 e. The topological polar surface area (TPSA) is 56.5 Å². The van der Waals surface area contributed by atoms with Crippen molar-refractivity contribution in [3.63, 3.8) is 0 Å². The third-order valence-electron chi connectivity index (χ3n) is 5.14. The zero-order valence-corrected chi connectivity index (χ0v) is 15.1. The molecule has 2 heterocycles. The molecule has 1 atom stereocenters. The fourth-order valence-corrected chi connectivity index (χ4v) is 3.79. The first-order valence-electron chi connectivity index (χ1n) is 9.06. The fraction of sp³-hybridized carbons (Fsp3) is 0.0833. The van der Waals surface area contributed by atoms with Gasteiger partial charge in [0.1, 0.15) is 5.58 Å². The van der Waals surface area contributed by atoms with Gasteiger partial charge in [0.2, 0.25) is 0 Å². The van der Waals surface area contributed by atoms with Crippen molar-refractivity contribution in [1.29, 1.82) is 0 Å². The zero-order chi connectivity index (χ0) is 19.3. The summed E-state index contributed by atoms with van der Waals surface area (Å²) in [5.74, 6) is -0.428. The van der Waals surface area contributed by atoms with Gasteiger partial charge < -0.3 is 9.15 Å². The van der Waals surface area contributed by atoms with E-state index in [0.717, 1.165) is 22.1 Å². The summed E-state index contributed by atoms with van der Waals surface area (Å²) in [5, 5.41) is 0.807. The normalized spacial score (nSPS) is 15.5. The molecule has 0 spiro atoms. The first-order chi connectivity index (χ1) is 13.6. The standard InChI is InChI=1S/C24H16O4/c1-14-10-12-15(13-11-14)20-18-8-4-5-9-19(18)27-24(26)21(20)22-16-6-2-3-7-17(16)23(25)28-22/h2-13,22H,1H3. The average molecular weight is 368 g/mol. The summed E-state index contributed by atoms with van der Waals surface area (Å²) in [6, 6.07) is 22.5. The molecule has 1 unspecified atom stereocenters. The van der Waals surface area contributed by atoms with Crippen molar-refractivity contribution >= 4 is 16.9 Å². The van der Waals surface area contributed by atoms with Gasteiger partial charge in [-0.15, -0.1) is 0 Å². The Hall–Kier alpha value is -3.66. The number of hydrogen-bond donors (Lipinski definition) is 0. The lowest BCUT2D eigenvalue weighted by atomic mass is 9.91. The Kier molecular flexibility index (Phi) is 3.66. The highest BCUT2D eigenvalue weighted by atomic mass is 16.5. The van der Waals surface area contributed by atoms with Crippen LogP contribution in [0, 0.1) is 6.92 Å². The molecule has 1 aliphatic heterocycles. The largest absolute Gasteiger partial charge is 0.449 e. The predicted molar refractivity (Wildman–Crippen MR) is 106 cm³/mol. The van der Waals surface area contributed by atoms with Gasteiger partial charge in [-0.2, -0.15) is 0 Å². The van der Waals surface area contributed by atoms with E-state index in [1.54, 1.807) is 18.2 Å². The number of aryl methyl sites for hydroxylation is 1. The molecule has 0 bridgehead atoms. The van der Waals surface area contributed by atoms with E-state index in [9.17, 15) is 9.59 Å². The summed E-state index contributed by atoms with van der Waals surface area (Å²) in [6.07, 6.45) is -0.791. The molecule has 5 rings (SSSR count). The summed E-state index contributed by atoms with van der Waals surface area (Å²) in [4.78, 5) is 25.4. The van der Waals surface area contributed by atoms with Crippen molar-refractivity contribution < 1.29 is 13.9 Å². The molecule has 28 heavy (non-hydrogen) atoms. The minimum absolute atomic E-state index is 0.348. The summed E-state index contributed by atoms with van der Waals surface area (Å²) < 4.78 is 11.2. The van der Waals surface area contributed by atoms with E-state index in [-0.39, 0.29) is 0 Å². The van der Waals surface area contributed by atoms with Gasteiger partial charge in [-0.05, 0) is 24.6 Å². The molecule has 1 aromatic heterocycles. The van der Waals surface area contributed by atoms with Crippen LogP contribution in [0.2, 0.25) is 0 Å². The molecular formula is C24H16O4. The number of hydrogen-bond acceptors (Lipinski definition) is 4. The van der Waals surface area contributed by atoms with Gasteiger partial charge in [0, 0.05) is 16.5 Å². The smallest absolute Gasteiger partial charge is 0.344 e. The Labute approximate surface area is 161 Å². The monoisotopic (exact) mass is 368 g/mol. The van der Waals surface area contributed by atoms with E-state index in [0.29, 0.717) is 22.3 Å². The van der Waals surface area contributed by atoms with Crippen LogP contribution in [0.3, 0.4) is 0 Å². The van der Waals surface area contributed by atoms with Crippen LogP contribution in [0.25, 0.3) is 22.1 Å². The zero-order valence-electron chi connectivity index (χ0n) is 15.1. The molecular weight excluding hydrogens is 352 g/mol. The number of para-hydroxylation sites is 1. The minimum Gasteiger partial charge on any atom is -0.449 e. The maximum atomic E-state index is 13.0. The Morgan fingerprint density at radius 2 is 1.54 bits per heavy atom. The SMILES string of the molecule is Cc1ccc(-c2c(C3OC(=O)c4ccccc43)c(=O)oc3ccccc23)cc1. The lowest BCUT2D eigenvalue weighted by molar-refractivity contribution is 0.0452. The van der Waals surface area contributed by atoms with Gasteiger partial charge in [0.05, 0.1) is 11.1 Å².